The molecule has 1 atom stereocenters. The van der Waals surface area contributed by atoms with Crippen LogP contribution in [0.1, 0.15) is 21.8 Å². The summed E-state index contributed by atoms with van der Waals surface area (Å²) in [4.78, 5) is 12.9. The van der Waals surface area contributed by atoms with Crippen LogP contribution in [0.2, 0.25) is 0 Å². The Kier molecular flexibility index (Phi) is 4.61. The van der Waals surface area contributed by atoms with Gasteiger partial charge in [0.15, 0.2) is 7.26 Å². The van der Waals surface area contributed by atoms with E-state index in [2.05, 4.69) is 72.8 Å². The molecule has 0 saturated heterocycles. The van der Waals surface area contributed by atoms with Gasteiger partial charge in [-0.25, -0.2) is 4.79 Å². The summed E-state index contributed by atoms with van der Waals surface area (Å²) in [5.41, 5.74) is 8.01. The number of esters is 1. The molecule has 4 aromatic carbocycles. The van der Waals surface area contributed by atoms with E-state index in [0.717, 1.165) is 5.56 Å². The first-order chi connectivity index (χ1) is 14.7. The van der Waals surface area contributed by atoms with E-state index in [1.807, 2.05) is 30.3 Å². The summed E-state index contributed by atoms with van der Waals surface area (Å²) in [5, 5.41) is 3.51. The first kappa shape index (κ1) is 18.6. The first-order valence-electron chi connectivity index (χ1n) is 9.87. The van der Waals surface area contributed by atoms with Crippen molar-refractivity contribution in [2.24, 2.45) is 0 Å². The molecule has 4 heteroatoms. The average Bonchev–Trinajstić information content (AvgIpc) is 3.12. The van der Waals surface area contributed by atoms with Gasteiger partial charge in [-0.3, -0.25) is 0 Å². The van der Waals surface area contributed by atoms with Gasteiger partial charge >= 0.3 is 5.97 Å². The largest absolute Gasteiger partial charge is 0.418 e. The molecule has 0 aliphatic carbocycles. The molecule has 0 bridgehead atoms. The molecule has 1 heterocycles. The highest BCUT2D eigenvalue weighted by Crippen LogP contribution is 2.69. The molecule has 1 aliphatic rings. The first-order valence-corrected chi connectivity index (χ1v) is 11.7. The summed E-state index contributed by atoms with van der Waals surface area (Å²) >= 11 is 0. The fourth-order valence-electron chi connectivity index (χ4n) is 4.32. The van der Waals surface area contributed by atoms with Crippen molar-refractivity contribution < 1.29 is 9.53 Å². The maximum Gasteiger partial charge on any atom is 0.342 e. The summed E-state index contributed by atoms with van der Waals surface area (Å²) in [6.45, 7) is 0. The highest BCUT2D eigenvalue weighted by molar-refractivity contribution is 7.95. The van der Waals surface area contributed by atoms with Crippen molar-refractivity contribution in [3.05, 3.63) is 120 Å². The van der Waals surface area contributed by atoms with Crippen molar-refractivity contribution in [2.45, 2.75) is 5.85 Å². The van der Waals surface area contributed by atoms with Crippen LogP contribution in [0.25, 0.3) is 0 Å². The second kappa shape index (κ2) is 7.44. The fourth-order valence-corrected chi connectivity index (χ4v) is 8.86. The summed E-state index contributed by atoms with van der Waals surface area (Å²) < 4.78 is 6.17. The van der Waals surface area contributed by atoms with Crippen LogP contribution < -0.4 is 21.6 Å². The van der Waals surface area contributed by atoms with Crippen LogP contribution in [0.15, 0.2) is 109 Å². The number of hydrogen-bond acceptors (Lipinski definition) is 3. The van der Waals surface area contributed by atoms with Gasteiger partial charge in [-0.1, -0.05) is 54.6 Å². The highest BCUT2D eigenvalue weighted by Gasteiger charge is 2.58. The Hall–Kier alpha value is -3.42. The normalized spacial score (nSPS) is 15.5. The van der Waals surface area contributed by atoms with Crippen LogP contribution in [-0.4, -0.2) is 5.97 Å². The van der Waals surface area contributed by atoms with E-state index < -0.39 is 13.1 Å². The third-order valence-corrected chi connectivity index (χ3v) is 10.0. The van der Waals surface area contributed by atoms with Gasteiger partial charge in [0.25, 0.3) is 0 Å². The Labute approximate surface area is 176 Å². The molecule has 0 spiro atoms. The van der Waals surface area contributed by atoms with Gasteiger partial charge in [0.05, 0.1) is 5.56 Å². The fraction of sp³-hybridized carbons (Fsp3) is 0.0385. The molecular weight excluding hydrogens is 389 g/mol. The number of nitrogen functional groups attached to an aromatic ring is 1. The van der Waals surface area contributed by atoms with Gasteiger partial charge in [-0.05, 0) is 54.6 Å². The smallest absolute Gasteiger partial charge is 0.342 e. The summed E-state index contributed by atoms with van der Waals surface area (Å²) in [6.07, 6.45) is 0. The molecule has 3 nitrogen and oxygen atoms in total. The van der Waals surface area contributed by atoms with Crippen molar-refractivity contribution in [1.29, 1.82) is 0 Å². The SMILES string of the molecule is Nc1ccc2c(c1)C(=O)OC2[P+](c1ccccc1)(c1ccccc1)c1ccccc1. The number of nitrogens with two attached hydrogens (primary N) is 1. The van der Waals surface area contributed by atoms with Crippen LogP contribution in [0.5, 0.6) is 0 Å². The number of rotatable bonds is 4. The minimum Gasteiger partial charge on any atom is -0.418 e. The molecule has 4 aromatic rings. The number of ether oxygens (including phenoxy) is 1. The predicted molar refractivity (Wildman–Crippen MR) is 124 cm³/mol. The van der Waals surface area contributed by atoms with E-state index in [1.165, 1.54) is 15.9 Å². The van der Waals surface area contributed by atoms with Crippen LogP contribution >= 0.6 is 7.26 Å². The maximum absolute atomic E-state index is 12.9. The maximum atomic E-state index is 12.9. The number of benzene rings is 4. The molecule has 2 N–H and O–H groups in total. The number of anilines is 1. The molecule has 5 rings (SSSR count). The van der Waals surface area contributed by atoms with Crippen molar-refractivity contribution in [1.82, 2.24) is 0 Å². The third kappa shape index (κ3) is 2.82. The molecule has 0 amide bonds. The zero-order valence-corrected chi connectivity index (χ0v) is 17.2. The van der Waals surface area contributed by atoms with E-state index in [-0.39, 0.29) is 5.97 Å². The topological polar surface area (TPSA) is 52.3 Å². The number of carbonyl (C=O) groups is 1. The van der Waals surface area contributed by atoms with Crippen molar-refractivity contribution in [3.63, 3.8) is 0 Å². The zero-order valence-electron chi connectivity index (χ0n) is 16.3. The molecule has 0 fully saturated rings. The Morgan fingerprint density at radius 3 is 1.60 bits per heavy atom. The molecular formula is C26H21NO2P+. The Morgan fingerprint density at radius 1 is 0.667 bits per heavy atom. The van der Waals surface area contributed by atoms with E-state index >= 15 is 0 Å². The Morgan fingerprint density at radius 2 is 1.13 bits per heavy atom. The van der Waals surface area contributed by atoms with E-state index in [1.54, 1.807) is 6.07 Å². The summed E-state index contributed by atoms with van der Waals surface area (Å²) in [5.74, 6) is -0.720. The number of hydrogen-bond donors (Lipinski definition) is 1. The number of carbonyl (C=O) groups excluding carboxylic acids is 1. The predicted octanol–water partition coefficient (Wildman–Crippen LogP) is 4.43. The van der Waals surface area contributed by atoms with Gasteiger partial charge in [0, 0.05) is 11.3 Å². The summed E-state index contributed by atoms with van der Waals surface area (Å²) in [7, 11) is -2.37. The van der Waals surface area contributed by atoms with Crippen LogP contribution in [0, 0.1) is 0 Å². The number of fused-ring (bicyclic) bond motifs is 1. The minimum atomic E-state index is -2.37. The number of cyclic esters (lactones) is 1. The molecule has 30 heavy (non-hydrogen) atoms. The van der Waals surface area contributed by atoms with Crippen molar-refractivity contribution in [3.8, 4) is 0 Å². The second-order valence-electron chi connectivity index (χ2n) is 7.33. The van der Waals surface area contributed by atoms with Gasteiger partial charge in [-0.15, -0.1) is 0 Å². The van der Waals surface area contributed by atoms with E-state index in [9.17, 15) is 4.79 Å². The lowest BCUT2D eigenvalue weighted by atomic mass is 10.1. The van der Waals surface area contributed by atoms with Crippen LogP contribution in [0.4, 0.5) is 5.69 Å². The quantitative estimate of drug-likeness (QED) is 0.308. The molecule has 146 valence electrons. The molecule has 1 unspecified atom stereocenters. The Bertz CT molecular complexity index is 1100. The Balaban J connectivity index is 1.88. The molecule has 0 aromatic heterocycles. The highest BCUT2D eigenvalue weighted by atomic mass is 31.2. The molecule has 1 aliphatic heterocycles. The molecule has 0 radical (unpaired) electrons. The monoisotopic (exact) mass is 410 g/mol. The van der Waals surface area contributed by atoms with Gasteiger partial charge in [-0.2, -0.15) is 0 Å². The van der Waals surface area contributed by atoms with Gasteiger partial charge in [0.1, 0.15) is 15.9 Å². The minimum absolute atomic E-state index is 0.311. The molecule has 0 saturated carbocycles. The van der Waals surface area contributed by atoms with Crippen molar-refractivity contribution >= 4 is 34.8 Å². The lowest BCUT2D eigenvalue weighted by Crippen LogP contribution is -2.35. The van der Waals surface area contributed by atoms with Crippen LogP contribution in [-0.2, 0) is 4.74 Å². The van der Waals surface area contributed by atoms with Gasteiger partial charge in [0.2, 0.25) is 5.85 Å². The zero-order chi connectivity index (χ0) is 20.6. The second-order valence-corrected chi connectivity index (χ2v) is 10.8. The van der Waals surface area contributed by atoms with Crippen molar-refractivity contribution in [2.75, 3.05) is 5.73 Å². The third-order valence-electron chi connectivity index (χ3n) is 5.62. The lowest BCUT2D eigenvalue weighted by molar-refractivity contribution is 0.0514. The van der Waals surface area contributed by atoms with E-state index in [0.29, 0.717) is 11.3 Å². The van der Waals surface area contributed by atoms with Crippen LogP contribution in [0.3, 0.4) is 0 Å². The van der Waals surface area contributed by atoms with Gasteiger partial charge < -0.3 is 10.5 Å². The summed E-state index contributed by atoms with van der Waals surface area (Å²) in [6, 6.07) is 36.8. The van der Waals surface area contributed by atoms with E-state index in [4.69, 9.17) is 10.5 Å². The average molecular weight is 410 g/mol. The lowest BCUT2D eigenvalue weighted by Gasteiger charge is -2.31. The standard InChI is InChI=1S/C26H21NO2P/c27-19-16-17-23-24(18-19)25(28)29-26(23)30(20-10-4-1-5-11-20,21-12-6-2-7-13-21)22-14-8-3-9-15-22/h1-18,26H,27H2/q+1.